The molecule has 2 N–H and O–H groups in total. The number of ether oxygens (including phenoxy) is 1. The van der Waals surface area contributed by atoms with Crippen LogP contribution in [-0.4, -0.2) is 54.8 Å². The van der Waals surface area contributed by atoms with Gasteiger partial charge in [0.05, 0.1) is 36.6 Å². The maximum Gasteiger partial charge on any atom is 0.306 e. The summed E-state index contributed by atoms with van der Waals surface area (Å²) in [5.74, 6) is -0.862. The predicted molar refractivity (Wildman–Crippen MR) is 83.5 cm³/mol. The quantitative estimate of drug-likeness (QED) is 0.832. The fourth-order valence-corrected chi connectivity index (χ4v) is 3.07. The van der Waals surface area contributed by atoms with Gasteiger partial charge in [0.25, 0.3) is 5.91 Å². The number of rotatable bonds is 5. The number of carbonyl (C=O) groups excluding carboxylic acids is 1. The molecular formula is C16H21N3O4. The van der Waals surface area contributed by atoms with Gasteiger partial charge < -0.3 is 20.1 Å². The van der Waals surface area contributed by atoms with Crippen LogP contribution in [0.25, 0.3) is 0 Å². The minimum Gasteiger partial charge on any atom is -0.481 e. The number of amides is 1. The van der Waals surface area contributed by atoms with Gasteiger partial charge in [-0.3, -0.25) is 14.6 Å². The summed E-state index contributed by atoms with van der Waals surface area (Å²) < 4.78 is 5.34. The number of hydrogen-bond donors (Lipinski definition) is 2. The van der Waals surface area contributed by atoms with Crippen molar-refractivity contribution in [2.45, 2.75) is 12.8 Å². The SMILES string of the molecule is O=C(NCC1CC(C(=O)O)C1)c1ccncc1N1CCOCC1. The van der Waals surface area contributed by atoms with E-state index in [9.17, 15) is 9.59 Å². The maximum absolute atomic E-state index is 12.5. The summed E-state index contributed by atoms with van der Waals surface area (Å²) in [5, 5.41) is 11.8. The zero-order chi connectivity index (χ0) is 16.2. The molecule has 0 radical (unpaired) electrons. The molecular weight excluding hydrogens is 298 g/mol. The Hall–Kier alpha value is -2.15. The van der Waals surface area contributed by atoms with Crippen molar-refractivity contribution in [2.24, 2.45) is 11.8 Å². The average Bonchev–Trinajstić information content (AvgIpc) is 2.53. The Morgan fingerprint density at radius 1 is 1.35 bits per heavy atom. The summed E-state index contributed by atoms with van der Waals surface area (Å²) in [6.07, 6.45) is 4.61. The van der Waals surface area contributed by atoms with Crippen LogP contribution in [0.15, 0.2) is 18.5 Å². The highest BCUT2D eigenvalue weighted by Crippen LogP contribution is 2.33. The van der Waals surface area contributed by atoms with Crippen molar-refractivity contribution in [1.82, 2.24) is 10.3 Å². The number of morpholine rings is 1. The molecule has 2 fully saturated rings. The third kappa shape index (κ3) is 3.61. The molecule has 0 bridgehead atoms. The van der Waals surface area contributed by atoms with Crippen LogP contribution in [0.4, 0.5) is 5.69 Å². The molecule has 0 aromatic carbocycles. The van der Waals surface area contributed by atoms with Crippen molar-refractivity contribution in [3.8, 4) is 0 Å². The summed E-state index contributed by atoms with van der Waals surface area (Å²) >= 11 is 0. The molecule has 1 aromatic heterocycles. The smallest absolute Gasteiger partial charge is 0.306 e. The van der Waals surface area contributed by atoms with Gasteiger partial charge in [0.2, 0.25) is 0 Å². The summed E-state index contributed by atoms with van der Waals surface area (Å²) in [6.45, 7) is 3.31. The lowest BCUT2D eigenvalue weighted by Gasteiger charge is -2.32. The molecule has 3 rings (SSSR count). The summed E-state index contributed by atoms with van der Waals surface area (Å²) in [7, 11) is 0. The van der Waals surface area contributed by atoms with Gasteiger partial charge in [-0.25, -0.2) is 0 Å². The number of nitrogens with zero attached hydrogens (tertiary/aromatic N) is 2. The first-order valence-electron chi connectivity index (χ1n) is 7.93. The van der Waals surface area contributed by atoms with Gasteiger partial charge in [-0.2, -0.15) is 0 Å². The topological polar surface area (TPSA) is 91.8 Å². The van der Waals surface area contributed by atoms with Gasteiger partial charge in [0.1, 0.15) is 0 Å². The number of aliphatic carboxylic acids is 1. The number of anilines is 1. The molecule has 0 atom stereocenters. The lowest BCUT2D eigenvalue weighted by atomic mass is 9.75. The molecule has 0 unspecified atom stereocenters. The van der Waals surface area contributed by atoms with Crippen molar-refractivity contribution in [3.63, 3.8) is 0 Å². The van der Waals surface area contributed by atoms with Gasteiger partial charge >= 0.3 is 5.97 Å². The van der Waals surface area contributed by atoms with Crippen molar-refractivity contribution >= 4 is 17.6 Å². The highest BCUT2D eigenvalue weighted by molar-refractivity contribution is 5.99. The Morgan fingerprint density at radius 2 is 2.09 bits per heavy atom. The van der Waals surface area contributed by atoms with Crippen LogP contribution < -0.4 is 10.2 Å². The van der Waals surface area contributed by atoms with E-state index in [0.717, 1.165) is 18.8 Å². The van der Waals surface area contributed by atoms with Gasteiger partial charge in [-0.1, -0.05) is 0 Å². The van der Waals surface area contributed by atoms with Gasteiger partial charge in [0.15, 0.2) is 0 Å². The standard InChI is InChI=1S/C16H21N3O4/c20-15(18-9-11-7-12(8-11)16(21)22)13-1-2-17-10-14(13)19-3-5-23-6-4-19/h1-2,10-12H,3-9H2,(H,18,20)(H,21,22). The van der Waals surface area contributed by atoms with E-state index < -0.39 is 5.97 Å². The first-order chi connectivity index (χ1) is 11.1. The number of aromatic nitrogens is 1. The van der Waals surface area contributed by atoms with E-state index in [1.54, 1.807) is 18.5 Å². The third-order valence-corrected chi connectivity index (χ3v) is 4.53. The lowest BCUT2D eigenvalue weighted by molar-refractivity contribution is -0.146. The number of carboxylic acids is 1. The van der Waals surface area contributed by atoms with Gasteiger partial charge in [0, 0.05) is 25.8 Å². The number of hydrogen-bond acceptors (Lipinski definition) is 5. The lowest BCUT2D eigenvalue weighted by Crippen LogP contribution is -2.40. The zero-order valence-electron chi connectivity index (χ0n) is 12.9. The Morgan fingerprint density at radius 3 is 2.78 bits per heavy atom. The van der Waals surface area contributed by atoms with E-state index >= 15 is 0 Å². The molecule has 1 aliphatic heterocycles. The molecule has 7 nitrogen and oxygen atoms in total. The summed E-state index contributed by atoms with van der Waals surface area (Å²) in [4.78, 5) is 29.5. The van der Waals surface area contributed by atoms with Gasteiger partial charge in [-0.15, -0.1) is 0 Å². The van der Waals surface area contributed by atoms with Crippen LogP contribution in [0.5, 0.6) is 0 Å². The second kappa shape index (κ2) is 6.95. The first kappa shape index (κ1) is 15.7. The third-order valence-electron chi connectivity index (χ3n) is 4.53. The van der Waals surface area contributed by atoms with E-state index in [2.05, 4.69) is 15.2 Å². The minimum absolute atomic E-state index is 0.132. The molecule has 23 heavy (non-hydrogen) atoms. The molecule has 2 aliphatic rings. The van der Waals surface area contributed by atoms with Crippen LogP contribution in [0, 0.1) is 11.8 Å². The van der Waals surface area contributed by atoms with Crippen molar-refractivity contribution in [1.29, 1.82) is 0 Å². The summed E-state index contributed by atoms with van der Waals surface area (Å²) in [5.41, 5.74) is 1.43. The predicted octanol–water partition coefficient (Wildman–Crippen LogP) is 0.759. The molecule has 1 saturated carbocycles. The molecule has 1 saturated heterocycles. The first-order valence-corrected chi connectivity index (χ1v) is 7.93. The Bertz CT molecular complexity index is 580. The van der Waals surface area contributed by atoms with E-state index in [1.807, 2.05) is 0 Å². The molecule has 1 amide bonds. The number of carboxylic acid groups (broad SMARTS) is 1. The molecule has 124 valence electrons. The fourth-order valence-electron chi connectivity index (χ4n) is 3.07. The monoisotopic (exact) mass is 319 g/mol. The molecule has 2 heterocycles. The van der Waals surface area contributed by atoms with Gasteiger partial charge in [-0.05, 0) is 24.8 Å². The zero-order valence-corrected chi connectivity index (χ0v) is 12.9. The van der Waals surface area contributed by atoms with Crippen molar-refractivity contribution < 1.29 is 19.4 Å². The van der Waals surface area contributed by atoms with E-state index in [4.69, 9.17) is 9.84 Å². The largest absolute Gasteiger partial charge is 0.481 e. The number of carbonyl (C=O) groups is 2. The molecule has 7 heteroatoms. The Balaban J connectivity index is 1.58. The highest BCUT2D eigenvalue weighted by Gasteiger charge is 2.34. The second-order valence-corrected chi connectivity index (χ2v) is 6.07. The Labute approximate surface area is 134 Å². The van der Waals surface area contributed by atoms with Crippen LogP contribution in [0.2, 0.25) is 0 Å². The molecule has 0 spiro atoms. The van der Waals surface area contributed by atoms with E-state index in [0.29, 0.717) is 38.2 Å². The maximum atomic E-state index is 12.5. The normalized spacial score (nSPS) is 23.9. The van der Waals surface area contributed by atoms with Crippen LogP contribution in [-0.2, 0) is 9.53 Å². The van der Waals surface area contributed by atoms with Crippen LogP contribution in [0.1, 0.15) is 23.2 Å². The average molecular weight is 319 g/mol. The van der Waals surface area contributed by atoms with E-state index in [1.165, 1.54) is 0 Å². The van der Waals surface area contributed by atoms with E-state index in [-0.39, 0.29) is 17.7 Å². The Kier molecular flexibility index (Phi) is 4.76. The number of nitrogens with one attached hydrogen (secondary N) is 1. The summed E-state index contributed by atoms with van der Waals surface area (Å²) in [6, 6.07) is 1.72. The van der Waals surface area contributed by atoms with Crippen LogP contribution >= 0.6 is 0 Å². The minimum atomic E-state index is -0.740. The fraction of sp³-hybridized carbons (Fsp3) is 0.562. The molecule has 1 aromatic rings. The van der Waals surface area contributed by atoms with Crippen molar-refractivity contribution in [2.75, 3.05) is 37.7 Å². The van der Waals surface area contributed by atoms with Crippen LogP contribution in [0.3, 0.4) is 0 Å². The van der Waals surface area contributed by atoms with Crippen molar-refractivity contribution in [3.05, 3.63) is 24.0 Å². The number of pyridine rings is 1. The second-order valence-electron chi connectivity index (χ2n) is 6.07. The molecule has 1 aliphatic carbocycles. The highest BCUT2D eigenvalue weighted by atomic mass is 16.5.